The van der Waals surface area contributed by atoms with Crippen molar-refractivity contribution in [2.24, 2.45) is 0 Å². The average Bonchev–Trinajstić information content (AvgIpc) is 2.92. The Labute approximate surface area is 112 Å². The Kier molecular flexibility index (Phi) is 3.18. The molecule has 3 heteroatoms. The second-order valence-electron chi connectivity index (χ2n) is 4.92. The van der Waals surface area contributed by atoms with E-state index in [0.29, 0.717) is 6.04 Å². The van der Waals surface area contributed by atoms with Gasteiger partial charge in [-0.05, 0) is 37.8 Å². The summed E-state index contributed by atoms with van der Waals surface area (Å²) in [7, 11) is 0. The van der Waals surface area contributed by atoms with Crippen LogP contribution in [0.4, 0.5) is 0 Å². The van der Waals surface area contributed by atoms with Crippen LogP contribution in [0.1, 0.15) is 39.2 Å². The van der Waals surface area contributed by atoms with E-state index in [-0.39, 0.29) is 0 Å². The van der Waals surface area contributed by atoms with Crippen LogP contribution in [-0.4, -0.2) is 4.98 Å². The molecule has 0 saturated heterocycles. The number of hydrogen-bond acceptors (Lipinski definition) is 3. The number of hydrogen-bond donors (Lipinski definition) is 1. The number of rotatable bonds is 3. The molecule has 1 heterocycles. The number of thiazole rings is 1. The molecule has 1 aromatic carbocycles. The van der Waals surface area contributed by atoms with Crippen LogP contribution in [0.3, 0.4) is 0 Å². The van der Waals surface area contributed by atoms with E-state index in [4.69, 9.17) is 0 Å². The molecular weight excluding hydrogens is 240 g/mol. The number of aromatic nitrogens is 1. The van der Waals surface area contributed by atoms with E-state index in [1.54, 1.807) is 11.3 Å². The molecule has 1 atom stereocenters. The van der Waals surface area contributed by atoms with Crippen LogP contribution in [0, 0.1) is 13.8 Å². The third-order valence-corrected chi connectivity index (χ3v) is 4.78. The third-order valence-electron chi connectivity index (χ3n) is 3.71. The summed E-state index contributed by atoms with van der Waals surface area (Å²) >= 11 is 1.81. The maximum Gasteiger partial charge on any atom is 0.107 e. The minimum Gasteiger partial charge on any atom is -0.304 e. The first-order valence-electron chi connectivity index (χ1n) is 6.48. The second kappa shape index (κ2) is 4.82. The lowest BCUT2D eigenvalue weighted by atomic mass is 10.1. The minimum atomic E-state index is 0.505. The predicted molar refractivity (Wildman–Crippen MR) is 75.9 cm³/mol. The predicted octanol–water partition coefficient (Wildman–Crippen LogP) is 3.54. The lowest BCUT2D eigenvalue weighted by Gasteiger charge is -2.12. The van der Waals surface area contributed by atoms with Crippen molar-refractivity contribution in [2.45, 2.75) is 39.3 Å². The fourth-order valence-corrected chi connectivity index (χ4v) is 3.48. The van der Waals surface area contributed by atoms with E-state index >= 15 is 0 Å². The molecular formula is C15H18N2S. The summed E-state index contributed by atoms with van der Waals surface area (Å²) in [5.41, 5.74) is 4.15. The lowest BCUT2D eigenvalue weighted by molar-refractivity contribution is 0.529. The topological polar surface area (TPSA) is 24.9 Å². The number of nitrogens with one attached hydrogen (secondary N) is 1. The summed E-state index contributed by atoms with van der Waals surface area (Å²) in [6.45, 7) is 5.11. The zero-order valence-electron chi connectivity index (χ0n) is 10.9. The molecule has 0 saturated carbocycles. The zero-order valence-corrected chi connectivity index (χ0v) is 11.7. The quantitative estimate of drug-likeness (QED) is 0.911. The first-order chi connectivity index (χ1) is 8.74. The van der Waals surface area contributed by atoms with Crippen molar-refractivity contribution in [3.05, 3.63) is 51.0 Å². The van der Waals surface area contributed by atoms with E-state index in [1.807, 2.05) is 0 Å². The Morgan fingerprint density at radius 2 is 2.17 bits per heavy atom. The van der Waals surface area contributed by atoms with Gasteiger partial charge in [0.2, 0.25) is 0 Å². The Balaban J connectivity index is 1.68. The molecule has 1 aliphatic rings. The molecule has 0 radical (unpaired) electrons. The highest BCUT2D eigenvalue weighted by Gasteiger charge is 2.21. The highest BCUT2D eigenvalue weighted by atomic mass is 32.1. The van der Waals surface area contributed by atoms with E-state index in [9.17, 15) is 0 Å². The average molecular weight is 258 g/mol. The maximum absolute atomic E-state index is 4.58. The molecule has 0 aliphatic heterocycles. The summed E-state index contributed by atoms with van der Waals surface area (Å²) in [4.78, 5) is 5.92. The van der Waals surface area contributed by atoms with E-state index in [1.165, 1.54) is 39.5 Å². The van der Waals surface area contributed by atoms with Crippen LogP contribution in [0.15, 0.2) is 24.3 Å². The highest BCUT2D eigenvalue weighted by molar-refractivity contribution is 7.11. The molecule has 94 valence electrons. The lowest BCUT2D eigenvalue weighted by Crippen LogP contribution is -2.18. The summed E-state index contributed by atoms with van der Waals surface area (Å²) in [5, 5.41) is 4.85. The van der Waals surface area contributed by atoms with E-state index in [2.05, 4.69) is 48.4 Å². The van der Waals surface area contributed by atoms with Gasteiger partial charge >= 0.3 is 0 Å². The van der Waals surface area contributed by atoms with Crippen LogP contribution < -0.4 is 5.32 Å². The van der Waals surface area contributed by atoms with Gasteiger partial charge in [-0.3, -0.25) is 0 Å². The summed E-state index contributed by atoms with van der Waals surface area (Å²) in [6.07, 6.45) is 2.41. The van der Waals surface area contributed by atoms with Crippen molar-refractivity contribution in [2.75, 3.05) is 0 Å². The molecule has 1 aromatic heterocycles. The molecule has 0 spiro atoms. The Bertz CT molecular complexity index is 540. The zero-order chi connectivity index (χ0) is 12.5. The Hall–Kier alpha value is -1.19. The SMILES string of the molecule is Cc1nc(CNC2CCc3ccccc32)sc1C. The first kappa shape index (κ1) is 11.9. The fourth-order valence-electron chi connectivity index (χ4n) is 2.59. The number of benzene rings is 1. The van der Waals surface area contributed by atoms with Gasteiger partial charge < -0.3 is 5.32 Å². The normalized spacial score (nSPS) is 18.0. The molecule has 1 N–H and O–H groups in total. The first-order valence-corrected chi connectivity index (χ1v) is 7.30. The standard InChI is InChI=1S/C15H18N2S/c1-10-11(2)18-15(17-10)9-16-14-8-7-12-5-3-4-6-13(12)14/h3-6,14,16H,7-9H2,1-2H3. The van der Waals surface area contributed by atoms with Crippen molar-refractivity contribution < 1.29 is 0 Å². The maximum atomic E-state index is 4.58. The van der Waals surface area contributed by atoms with Crippen molar-refractivity contribution in [1.29, 1.82) is 0 Å². The third kappa shape index (κ3) is 2.20. The van der Waals surface area contributed by atoms with Crippen molar-refractivity contribution >= 4 is 11.3 Å². The van der Waals surface area contributed by atoms with Gasteiger partial charge in [0.05, 0.1) is 5.69 Å². The van der Waals surface area contributed by atoms with Gasteiger partial charge in [-0.15, -0.1) is 11.3 Å². The Morgan fingerprint density at radius 3 is 2.94 bits per heavy atom. The molecule has 1 aliphatic carbocycles. The van der Waals surface area contributed by atoms with Crippen molar-refractivity contribution in [1.82, 2.24) is 10.3 Å². The van der Waals surface area contributed by atoms with Gasteiger partial charge in [-0.2, -0.15) is 0 Å². The smallest absolute Gasteiger partial charge is 0.107 e. The minimum absolute atomic E-state index is 0.505. The van der Waals surface area contributed by atoms with Crippen LogP contribution >= 0.6 is 11.3 Å². The molecule has 0 amide bonds. The van der Waals surface area contributed by atoms with Crippen LogP contribution in [0.2, 0.25) is 0 Å². The van der Waals surface area contributed by atoms with Crippen LogP contribution in [0.5, 0.6) is 0 Å². The van der Waals surface area contributed by atoms with E-state index in [0.717, 1.165) is 6.54 Å². The summed E-state index contributed by atoms with van der Waals surface area (Å²) in [6, 6.07) is 9.27. The van der Waals surface area contributed by atoms with Crippen molar-refractivity contribution in [3.8, 4) is 0 Å². The van der Waals surface area contributed by atoms with Gasteiger partial charge in [0.25, 0.3) is 0 Å². The Morgan fingerprint density at radius 1 is 1.33 bits per heavy atom. The van der Waals surface area contributed by atoms with E-state index < -0.39 is 0 Å². The number of nitrogens with zero attached hydrogens (tertiary/aromatic N) is 1. The van der Waals surface area contributed by atoms with Gasteiger partial charge in [0.15, 0.2) is 0 Å². The van der Waals surface area contributed by atoms with Gasteiger partial charge in [-0.25, -0.2) is 4.98 Å². The molecule has 18 heavy (non-hydrogen) atoms. The second-order valence-corrected chi connectivity index (χ2v) is 6.21. The van der Waals surface area contributed by atoms with Crippen LogP contribution in [0.25, 0.3) is 0 Å². The van der Waals surface area contributed by atoms with Gasteiger partial charge in [0, 0.05) is 17.5 Å². The van der Waals surface area contributed by atoms with Crippen molar-refractivity contribution in [3.63, 3.8) is 0 Å². The molecule has 0 fully saturated rings. The summed E-state index contributed by atoms with van der Waals surface area (Å²) in [5.74, 6) is 0. The molecule has 3 rings (SSSR count). The largest absolute Gasteiger partial charge is 0.304 e. The summed E-state index contributed by atoms with van der Waals surface area (Å²) < 4.78 is 0. The van der Waals surface area contributed by atoms with Crippen LogP contribution in [-0.2, 0) is 13.0 Å². The molecule has 2 aromatic rings. The molecule has 1 unspecified atom stereocenters. The number of aryl methyl sites for hydroxylation is 3. The fraction of sp³-hybridized carbons (Fsp3) is 0.400. The van der Waals surface area contributed by atoms with Gasteiger partial charge in [-0.1, -0.05) is 24.3 Å². The monoisotopic (exact) mass is 258 g/mol. The molecule has 0 bridgehead atoms. The van der Waals surface area contributed by atoms with Gasteiger partial charge in [0.1, 0.15) is 5.01 Å². The number of fused-ring (bicyclic) bond motifs is 1. The highest BCUT2D eigenvalue weighted by Crippen LogP contribution is 2.31. The molecule has 2 nitrogen and oxygen atoms in total.